The molecule has 0 nitrogen and oxygen atoms in total. The van der Waals surface area contributed by atoms with Gasteiger partial charge in [0, 0.05) is 21.9 Å². The van der Waals surface area contributed by atoms with E-state index in [0.29, 0.717) is 5.02 Å². The number of hydrogen-bond acceptors (Lipinski definition) is 1. The second-order valence-corrected chi connectivity index (χ2v) is 5.36. The van der Waals surface area contributed by atoms with E-state index >= 15 is 0 Å². The largest absolute Gasteiger partial charge is 0.409 e. The van der Waals surface area contributed by atoms with E-state index in [1.807, 2.05) is 17.5 Å². The van der Waals surface area contributed by atoms with Crippen LogP contribution in [0, 0.1) is 0 Å². The Bertz CT molecular complexity index is 541. The Morgan fingerprint density at radius 2 is 1.79 bits per heavy atom. The number of benzene rings is 1. The van der Waals surface area contributed by atoms with E-state index in [1.165, 1.54) is 17.4 Å². The lowest BCUT2D eigenvalue weighted by molar-refractivity contribution is -0.0800. The second-order valence-electron chi connectivity index (χ2n) is 3.95. The van der Waals surface area contributed by atoms with Crippen LogP contribution in [0.15, 0.2) is 53.9 Å². The zero-order valence-electron chi connectivity index (χ0n) is 9.69. The standard InChI is InChI=1S/C14H10ClF3S/c15-11-5-3-10(4-6-11)12(7-8-14(16,17)18)13-2-1-9-19-13/h1-9,12H/b8-7+. The quantitative estimate of drug-likeness (QED) is 0.642. The molecule has 0 N–H and O–H groups in total. The minimum absolute atomic E-state index is 0.284. The first-order chi connectivity index (χ1) is 8.96. The van der Waals surface area contributed by atoms with Gasteiger partial charge in [0.15, 0.2) is 0 Å². The first kappa shape index (κ1) is 14.2. The van der Waals surface area contributed by atoms with E-state index in [2.05, 4.69) is 0 Å². The van der Waals surface area contributed by atoms with Crippen LogP contribution in [-0.4, -0.2) is 6.18 Å². The number of thiophene rings is 1. The van der Waals surface area contributed by atoms with Crippen LogP contribution in [-0.2, 0) is 0 Å². The summed E-state index contributed by atoms with van der Waals surface area (Å²) < 4.78 is 37.0. The maximum Gasteiger partial charge on any atom is 0.409 e. The minimum atomic E-state index is -4.30. The highest BCUT2D eigenvalue weighted by Crippen LogP contribution is 2.31. The van der Waals surface area contributed by atoms with E-state index in [1.54, 1.807) is 24.3 Å². The lowest BCUT2D eigenvalue weighted by atomic mass is 9.97. The molecule has 0 radical (unpaired) electrons. The molecular weight excluding hydrogens is 293 g/mol. The molecule has 1 heterocycles. The molecule has 5 heteroatoms. The zero-order chi connectivity index (χ0) is 13.9. The molecule has 0 saturated heterocycles. The van der Waals surface area contributed by atoms with Crippen LogP contribution in [0.3, 0.4) is 0 Å². The lowest BCUT2D eigenvalue weighted by Gasteiger charge is -2.12. The van der Waals surface area contributed by atoms with Crippen LogP contribution in [0.25, 0.3) is 0 Å². The molecule has 0 saturated carbocycles. The van der Waals surface area contributed by atoms with Crippen molar-refractivity contribution < 1.29 is 13.2 Å². The fourth-order valence-electron chi connectivity index (χ4n) is 1.71. The Morgan fingerprint density at radius 1 is 1.11 bits per heavy atom. The number of rotatable bonds is 3. The molecule has 1 atom stereocenters. The van der Waals surface area contributed by atoms with Gasteiger partial charge in [-0.05, 0) is 29.1 Å². The summed E-state index contributed by atoms with van der Waals surface area (Å²) in [5.41, 5.74) is 0.785. The Labute approximate surface area is 118 Å². The van der Waals surface area contributed by atoms with Crippen molar-refractivity contribution >= 4 is 22.9 Å². The molecule has 1 aromatic heterocycles. The van der Waals surface area contributed by atoms with Gasteiger partial charge >= 0.3 is 6.18 Å². The zero-order valence-corrected chi connectivity index (χ0v) is 11.3. The molecule has 100 valence electrons. The summed E-state index contributed by atoms with van der Waals surface area (Å²) in [7, 11) is 0. The number of allylic oxidation sites excluding steroid dienone is 2. The van der Waals surface area contributed by atoms with Crippen molar-refractivity contribution in [3.8, 4) is 0 Å². The molecule has 2 aromatic rings. The molecule has 2 rings (SSSR count). The van der Waals surface area contributed by atoms with Crippen molar-refractivity contribution in [2.75, 3.05) is 0 Å². The first-order valence-electron chi connectivity index (χ1n) is 5.51. The van der Waals surface area contributed by atoms with Gasteiger partial charge in [0.05, 0.1) is 0 Å². The van der Waals surface area contributed by atoms with Crippen molar-refractivity contribution in [2.45, 2.75) is 12.1 Å². The minimum Gasteiger partial charge on any atom is -0.167 e. The van der Waals surface area contributed by atoms with E-state index in [9.17, 15) is 13.2 Å². The van der Waals surface area contributed by atoms with Gasteiger partial charge in [-0.1, -0.05) is 35.9 Å². The van der Waals surface area contributed by atoms with Gasteiger partial charge in [0.1, 0.15) is 0 Å². The smallest absolute Gasteiger partial charge is 0.167 e. The summed E-state index contributed by atoms with van der Waals surface area (Å²) in [5, 5.41) is 2.41. The first-order valence-corrected chi connectivity index (χ1v) is 6.76. The van der Waals surface area contributed by atoms with Crippen LogP contribution in [0.4, 0.5) is 13.2 Å². The maximum atomic E-state index is 12.3. The molecule has 0 amide bonds. The normalized spacial score (nSPS) is 13.9. The molecule has 0 aliphatic rings. The third-order valence-corrected chi connectivity index (χ3v) is 3.76. The molecule has 0 fully saturated rings. The van der Waals surface area contributed by atoms with Crippen LogP contribution < -0.4 is 0 Å². The van der Waals surface area contributed by atoms with Crippen LogP contribution >= 0.6 is 22.9 Å². The molecule has 0 aliphatic carbocycles. The van der Waals surface area contributed by atoms with Crippen LogP contribution in [0.5, 0.6) is 0 Å². The van der Waals surface area contributed by atoms with Crippen molar-refractivity contribution in [2.24, 2.45) is 0 Å². The second kappa shape index (κ2) is 5.80. The number of halogens is 4. The lowest BCUT2D eigenvalue weighted by Crippen LogP contribution is -2.03. The highest BCUT2D eigenvalue weighted by Gasteiger charge is 2.23. The SMILES string of the molecule is FC(F)(F)/C=C/C(c1ccc(Cl)cc1)c1cccs1. The van der Waals surface area contributed by atoms with E-state index in [0.717, 1.165) is 10.4 Å². The van der Waals surface area contributed by atoms with Gasteiger partial charge in [0.25, 0.3) is 0 Å². The predicted molar refractivity (Wildman–Crippen MR) is 72.8 cm³/mol. The summed E-state index contributed by atoms with van der Waals surface area (Å²) in [6, 6.07) is 10.5. The van der Waals surface area contributed by atoms with Gasteiger partial charge in [-0.2, -0.15) is 13.2 Å². The van der Waals surface area contributed by atoms with E-state index < -0.39 is 12.1 Å². The highest BCUT2D eigenvalue weighted by atomic mass is 35.5. The Hall–Kier alpha value is -1.26. The number of alkyl halides is 3. The molecule has 1 aromatic carbocycles. The van der Waals surface area contributed by atoms with Gasteiger partial charge < -0.3 is 0 Å². The topological polar surface area (TPSA) is 0 Å². The summed E-state index contributed by atoms with van der Waals surface area (Å²) in [6.45, 7) is 0. The molecule has 19 heavy (non-hydrogen) atoms. The third kappa shape index (κ3) is 4.11. The van der Waals surface area contributed by atoms with E-state index in [4.69, 9.17) is 11.6 Å². The molecule has 0 bridgehead atoms. The van der Waals surface area contributed by atoms with Crippen LogP contribution in [0.2, 0.25) is 5.02 Å². The summed E-state index contributed by atoms with van der Waals surface area (Å²) in [6.07, 6.45) is -2.84. The summed E-state index contributed by atoms with van der Waals surface area (Å²) in [5.74, 6) is -0.404. The third-order valence-electron chi connectivity index (χ3n) is 2.56. The fraction of sp³-hybridized carbons (Fsp3) is 0.143. The van der Waals surface area contributed by atoms with Gasteiger partial charge in [0.2, 0.25) is 0 Å². The average molecular weight is 303 g/mol. The highest BCUT2D eigenvalue weighted by molar-refractivity contribution is 7.10. The molecule has 0 spiro atoms. The van der Waals surface area contributed by atoms with E-state index in [-0.39, 0.29) is 6.08 Å². The van der Waals surface area contributed by atoms with Crippen molar-refractivity contribution in [3.63, 3.8) is 0 Å². The van der Waals surface area contributed by atoms with Crippen LogP contribution in [0.1, 0.15) is 16.4 Å². The Morgan fingerprint density at radius 3 is 2.32 bits per heavy atom. The van der Waals surface area contributed by atoms with Gasteiger partial charge in [-0.15, -0.1) is 11.3 Å². The fourth-order valence-corrected chi connectivity index (χ4v) is 2.67. The average Bonchev–Trinajstić information content (AvgIpc) is 2.84. The Kier molecular flexibility index (Phi) is 4.32. The monoisotopic (exact) mass is 302 g/mol. The van der Waals surface area contributed by atoms with Crippen molar-refractivity contribution in [1.82, 2.24) is 0 Å². The molecular formula is C14H10ClF3S. The summed E-state index contributed by atoms with van der Waals surface area (Å²) >= 11 is 7.22. The predicted octanol–water partition coefficient (Wildman–Crippen LogP) is 5.65. The molecule has 1 unspecified atom stereocenters. The maximum absolute atomic E-state index is 12.3. The number of hydrogen-bond donors (Lipinski definition) is 0. The molecule has 0 aliphatic heterocycles. The van der Waals surface area contributed by atoms with Crippen molar-refractivity contribution in [3.05, 3.63) is 69.4 Å². The summed E-state index contributed by atoms with van der Waals surface area (Å²) in [4.78, 5) is 0.864. The van der Waals surface area contributed by atoms with Crippen molar-refractivity contribution in [1.29, 1.82) is 0 Å². The van der Waals surface area contributed by atoms with Gasteiger partial charge in [-0.25, -0.2) is 0 Å². The van der Waals surface area contributed by atoms with Gasteiger partial charge in [-0.3, -0.25) is 0 Å². The Balaban J connectivity index is 2.35.